The molecular formula is C45H62N4O6. The van der Waals surface area contributed by atoms with Crippen molar-refractivity contribution < 1.29 is 29.0 Å². The van der Waals surface area contributed by atoms with Crippen LogP contribution in [0, 0.1) is 35.0 Å². The smallest absolute Gasteiger partial charge is 0.255 e. The number of aliphatic hydroxyl groups is 1. The number of carbonyl (C=O) groups excluding carboxylic acids is 2. The lowest BCUT2D eigenvalue weighted by molar-refractivity contribution is -0.183. The molecule has 10 heteroatoms. The molecule has 55 heavy (non-hydrogen) atoms. The Kier molecular flexibility index (Phi) is 12.6. The summed E-state index contributed by atoms with van der Waals surface area (Å²) in [6, 6.07) is 21.0. The summed E-state index contributed by atoms with van der Waals surface area (Å²) in [5, 5.41) is 18.9. The largest absolute Gasteiger partial charge is 0.496 e. The summed E-state index contributed by atoms with van der Waals surface area (Å²) in [7, 11) is 7.20. The Morgan fingerprint density at radius 1 is 0.964 bits per heavy atom. The number of rotatable bonds is 15. The molecule has 3 aromatic rings. The van der Waals surface area contributed by atoms with E-state index in [1.807, 2.05) is 62.6 Å². The van der Waals surface area contributed by atoms with Crippen molar-refractivity contribution in [3.63, 3.8) is 0 Å². The van der Waals surface area contributed by atoms with Crippen LogP contribution in [0.15, 0.2) is 66.7 Å². The third kappa shape index (κ3) is 8.29. The Bertz CT molecular complexity index is 1800. The first kappa shape index (κ1) is 40.7. The first-order valence-electron chi connectivity index (χ1n) is 20.0. The first-order chi connectivity index (χ1) is 26.3. The van der Waals surface area contributed by atoms with Gasteiger partial charge in [-0.05, 0) is 74.1 Å². The second-order valence-corrected chi connectivity index (χ2v) is 17.2. The van der Waals surface area contributed by atoms with Gasteiger partial charge in [-0.15, -0.1) is 0 Å². The van der Waals surface area contributed by atoms with E-state index in [1.54, 1.807) is 25.3 Å². The van der Waals surface area contributed by atoms with E-state index in [-0.39, 0.29) is 48.9 Å². The van der Waals surface area contributed by atoms with Crippen LogP contribution in [0.3, 0.4) is 0 Å². The average Bonchev–Trinajstić information content (AvgIpc) is 3.53. The molecule has 0 unspecified atom stereocenters. The van der Waals surface area contributed by atoms with E-state index in [2.05, 4.69) is 62.3 Å². The predicted octanol–water partition coefficient (Wildman–Crippen LogP) is 6.21. The van der Waals surface area contributed by atoms with E-state index in [0.717, 1.165) is 23.1 Å². The highest BCUT2D eigenvalue weighted by atomic mass is 16.7. The first-order valence-corrected chi connectivity index (χ1v) is 20.0. The number of hydrogen-bond acceptors (Lipinski definition) is 8. The van der Waals surface area contributed by atoms with Gasteiger partial charge in [-0.3, -0.25) is 14.4 Å². The number of carbonyl (C=O) groups is 2. The summed E-state index contributed by atoms with van der Waals surface area (Å²) in [5.74, 6) is 2.23. The number of likely N-dealkylation sites (N-methyl/N-ethyl adjacent to an activating group) is 1. The summed E-state index contributed by atoms with van der Waals surface area (Å²) in [6.07, 6.45) is 2.39. The van der Waals surface area contributed by atoms with Gasteiger partial charge < -0.3 is 30.1 Å². The normalized spacial score (nSPS) is 26.4. The highest BCUT2D eigenvalue weighted by Crippen LogP contribution is 2.61. The summed E-state index contributed by atoms with van der Waals surface area (Å²) < 4.78 is 12.1. The molecule has 298 valence electrons. The maximum Gasteiger partial charge on any atom is 0.255 e. The Hall–Kier alpha value is -3.96. The maximum absolute atomic E-state index is 14.4. The highest BCUT2D eigenvalue weighted by Gasteiger charge is 2.57. The highest BCUT2D eigenvalue weighted by molar-refractivity contribution is 6.00. The van der Waals surface area contributed by atoms with Crippen molar-refractivity contribution in [1.29, 1.82) is 0 Å². The van der Waals surface area contributed by atoms with Crippen molar-refractivity contribution >= 4 is 11.8 Å². The van der Waals surface area contributed by atoms with Gasteiger partial charge in [0.05, 0.1) is 32.9 Å². The maximum atomic E-state index is 14.4. The lowest BCUT2D eigenvalue weighted by atomic mass is 9.45. The molecule has 0 spiro atoms. The van der Waals surface area contributed by atoms with E-state index in [0.29, 0.717) is 58.8 Å². The molecule has 2 amide bonds. The second-order valence-electron chi connectivity index (χ2n) is 17.2. The molecule has 1 heterocycles. The van der Waals surface area contributed by atoms with Crippen molar-refractivity contribution in [3.8, 4) is 22.6 Å². The Morgan fingerprint density at radius 2 is 1.64 bits per heavy atom. The zero-order valence-electron chi connectivity index (χ0n) is 34.2. The van der Waals surface area contributed by atoms with E-state index >= 15 is 0 Å². The Balaban J connectivity index is 1.27. The SMILES string of the molecule is COc1c(CN2O[C@@H](CO)[C@H](C(C)C)[C@H]2C(=O)N[C@H]2C[C@H]3C[C@@H]([C@@H]2C)C3(C)C)cccc1-c1cccc(C(=O)N[C@H](Cc2ccccc2)CN(C)C)c1OC. The third-order valence-electron chi connectivity index (χ3n) is 12.9. The topological polar surface area (TPSA) is 113 Å². The van der Waals surface area contributed by atoms with E-state index in [4.69, 9.17) is 14.3 Å². The molecule has 4 aliphatic rings. The molecule has 3 N–H and O–H groups in total. The molecule has 8 atom stereocenters. The number of nitrogens with zero attached hydrogens (tertiary/aromatic N) is 2. The van der Waals surface area contributed by atoms with E-state index in [1.165, 1.54) is 6.42 Å². The fraction of sp³-hybridized carbons (Fsp3) is 0.556. The van der Waals surface area contributed by atoms with Gasteiger partial charge in [-0.2, -0.15) is 5.06 Å². The van der Waals surface area contributed by atoms with Gasteiger partial charge >= 0.3 is 0 Å². The summed E-state index contributed by atoms with van der Waals surface area (Å²) in [4.78, 5) is 36.9. The Labute approximate surface area is 327 Å². The minimum absolute atomic E-state index is 0.0547. The zero-order valence-corrected chi connectivity index (χ0v) is 34.2. The molecule has 10 nitrogen and oxygen atoms in total. The van der Waals surface area contributed by atoms with Crippen LogP contribution in [0.1, 0.15) is 68.9 Å². The second kappa shape index (κ2) is 17.0. The summed E-state index contributed by atoms with van der Waals surface area (Å²) >= 11 is 0. The van der Waals surface area contributed by atoms with Crippen LogP contribution in [0.4, 0.5) is 0 Å². The molecule has 4 fully saturated rings. The van der Waals surface area contributed by atoms with Gasteiger partial charge in [-0.25, -0.2) is 0 Å². The number of aliphatic hydroxyl groups excluding tert-OH is 1. The molecular weight excluding hydrogens is 693 g/mol. The van der Waals surface area contributed by atoms with Crippen LogP contribution in [0.25, 0.3) is 11.1 Å². The predicted molar refractivity (Wildman–Crippen MR) is 216 cm³/mol. The van der Waals surface area contributed by atoms with Crippen LogP contribution in [0.2, 0.25) is 0 Å². The van der Waals surface area contributed by atoms with Gasteiger partial charge in [0, 0.05) is 41.2 Å². The lowest BCUT2D eigenvalue weighted by Gasteiger charge is -2.62. The fourth-order valence-corrected chi connectivity index (χ4v) is 9.95. The molecule has 3 aromatic carbocycles. The molecule has 2 bridgehead atoms. The average molecular weight is 755 g/mol. The van der Waals surface area contributed by atoms with E-state index in [9.17, 15) is 14.7 Å². The number of fused-ring (bicyclic) bond motifs is 2. The molecule has 3 aliphatic carbocycles. The van der Waals surface area contributed by atoms with Crippen LogP contribution in [-0.2, 0) is 22.6 Å². The van der Waals surface area contributed by atoms with Gasteiger partial charge in [0.25, 0.3) is 5.91 Å². The van der Waals surface area contributed by atoms with Gasteiger partial charge in [0.2, 0.25) is 5.91 Å². The molecule has 7 rings (SSSR count). The molecule has 0 radical (unpaired) electrons. The molecule has 3 saturated carbocycles. The van der Waals surface area contributed by atoms with Crippen LogP contribution in [-0.4, -0.2) is 92.6 Å². The number of nitrogens with one attached hydrogen (secondary N) is 2. The summed E-state index contributed by atoms with van der Waals surface area (Å²) in [6.45, 7) is 11.9. The zero-order chi connectivity index (χ0) is 39.6. The number of ether oxygens (including phenoxy) is 2. The Morgan fingerprint density at radius 3 is 2.24 bits per heavy atom. The van der Waals surface area contributed by atoms with Crippen LogP contribution >= 0.6 is 0 Å². The molecule has 1 saturated heterocycles. The van der Waals surface area contributed by atoms with E-state index < -0.39 is 12.1 Å². The molecule has 0 aromatic heterocycles. The standard InChI is InChI=1S/C45H62N4O6/c1-27(2)39-38(26-50)55-49(40(39)44(52)47-37-23-31-22-36(28(37)3)45(31,4)5)24-30-17-13-18-33(41(30)53-8)34-19-14-20-35(42(34)54-9)43(51)46-32(25-48(6)7)21-29-15-11-10-12-16-29/h10-20,27-28,31-32,36-40,50H,21-26H2,1-9H3,(H,46,51)(H,47,52)/t28-,31+,32+,36-,37-,38-,39-,40-/m0/s1. The van der Waals surface area contributed by atoms with Crippen LogP contribution < -0.4 is 20.1 Å². The summed E-state index contributed by atoms with van der Waals surface area (Å²) in [5.41, 5.74) is 4.14. The van der Waals surface area contributed by atoms with Crippen molar-refractivity contribution in [1.82, 2.24) is 20.6 Å². The quantitative estimate of drug-likeness (QED) is 0.168. The number of methoxy groups -OCH3 is 2. The lowest BCUT2D eigenvalue weighted by Crippen LogP contribution is -2.62. The minimum Gasteiger partial charge on any atom is -0.496 e. The number of para-hydroxylation sites is 2. The minimum atomic E-state index is -0.600. The van der Waals surface area contributed by atoms with Gasteiger partial charge in [-0.1, -0.05) is 95.3 Å². The molecule has 1 aliphatic heterocycles. The van der Waals surface area contributed by atoms with Crippen molar-refractivity contribution in [2.24, 2.45) is 35.0 Å². The van der Waals surface area contributed by atoms with Gasteiger partial charge in [0.1, 0.15) is 23.6 Å². The van der Waals surface area contributed by atoms with Crippen molar-refractivity contribution in [2.75, 3.05) is 41.5 Å². The third-order valence-corrected chi connectivity index (χ3v) is 12.9. The van der Waals surface area contributed by atoms with Gasteiger partial charge in [0.15, 0.2) is 0 Å². The van der Waals surface area contributed by atoms with Crippen molar-refractivity contribution in [2.45, 2.75) is 84.7 Å². The number of benzene rings is 3. The number of hydroxylamine groups is 2. The van der Waals surface area contributed by atoms with Crippen molar-refractivity contribution in [3.05, 3.63) is 83.4 Å². The number of hydrogen-bond donors (Lipinski definition) is 3. The number of amides is 2. The van der Waals surface area contributed by atoms with Crippen LogP contribution in [0.5, 0.6) is 11.5 Å². The fourth-order valence-electron chi connectivity index (χ4n) is 9.95. The monoisotopic (exact) mass is 754 g/mol.